The van der Waals surface area contributed by atoms with Crippen LogP contribution in [0.3, 0.4) is 0 Å². The highest BCUT2D eigenvalue weighted by atomic mass is 16.2. The van der Waals surface area contributed by atoms with Crippen LogP contribution in [0, 0.1) is 5.92 Å². The number of amides is 2. The van der Waals surface area contributed by atoms with E-state index in [0.717, 1.165) is 54.1 Å². The van der Waals surface area contributed by atoms with Gasteiger partial charge in [0.1, 0.15) is 0 Å². The van der Waals surface area contributed by atoms with Gasteiger partial charge >= 0.3 is 0 Å². The molecule has 0 saturated heterocycles. The fraction of sp³-hybridized carbons (Fsp3) is 0.385. The number of carbonyl (C=O) groups excluding carboxylic acids is 2. The van der Waals surface area contributed by atoms with E-state index in [-0.39, 0.29) is 11.8 Å². The highest BCUT2D eigenvalue weighted by Crippen LogP contribution is 2.25. The Hall–Kier alpha value is -3.52. The molecule has 0 bridgehead atoms. The van der Waals surface area contributed by atoms with E-state index >= 15 is 0 Å². The summed E-state index contributed by atoms with van der Waals surface area (Å²) in [6.07, 6.45) is 4.33. The molecule has 2 aromatic heterocycles. The number of carbonyl (C=O) groups is 2. The third-order valence-corrected chi connectivity index (χ3v) is 5.82. The lowest BCUT2D eigenvalue weighted by molar-refractivity contribution is -0.114. The average Bonchev–Trinajstić information content (AvgIpc) is 3.16. The summed E-state index contributed by atoms with van der Waals surface area (Å²) in [5.41, 5.74) is 5.61. The van der Waals surface area contributed by atoms with Gasteiger partial charge in [0.25, 0.3) is 5.91 Å². The molecule has 0 saturated carbocycles. The van der Waals surface area contributed by atoms with E-state index in [0.29, 0.717) is 24.7 Å². The summed E-state index contributed by atoms with van der Waals surface area (Å²) in [6.45, 7) is 9.39. The lowest BCUT2D eigenvalue weighted by atomic mass is 10.0. The van der Waals surface area contributed by atoms with Crippen LogP contribution >= 0.6 is 0 Å². The average molecular weight is 461 g/mol. The molecular weight excluding hydrogens is 428 g/mol. The second-order valence-corrected chi connectivity index (χ2v) is 9.23. The van der Waals surface area contributed by atoms with Crippen LogP contribution in [0.25, 0.3) is 0 Å². The van der Waals surface area contributed by atoms with Crippen LogP contribution in [0.5, 0.6) is 0 Å². The van der Waals surface area contributed by atoms with Gasteiger partial charge in [0.2, 0.25) is 5.91 Å². The van der Waals surface area contributed by atoms with Crippen LogP contribution < -0.4 is 10.6 Å². The Labute approximate surface area is 200 Å². The summed E-state index contributed by atoms with van der Waals surface area (Å²) >= 11 is 0. The van der Waals surface area contributed by atoms with Crippen LogP contribution in [0.15, 0.2) is 48.8 Å². The highest BCUT2D eigenvalue weighted by molar-refractivity contribution is 5.94. The number of aromatic nitrogens is 3. The van der Waals surface area contributed by atoms with Gasteiger partial charge in [0.05, 0.1) is 0 Å². The molecule has 0 fully saturated rings. The minimum Gasteiger partial charge on any atom is -0.346 e. The number of nitrogens with one attached hydrogen (secondary N) is 2. The molecule has 1 aromatic carbocycles. The summed E-state index contributed by atoms with van der Waals surface area (Å²) in [5, 5.41) is 10.6. The molecule has 0 atom stereocenters. The Morgan fingerprint density at radius 2 is 1.91 bits per heavy atom. The SMILES string of the molecule is CC(=O)Nc1ccc(CN2CCc3c(c(C(=O)NCc4cccnc4)nn3CC(C)C)C2)cc1. The van der Waals surface area contributed by atoms with Gasteiger partial charge in [-0.3, -0.25) is 24.2 Å². The second kappa shape index (κ2) is 10.6. The first kappa shape index (κ1) is 23.6. The van der Waals surface area contributed by atoms with Crippen LogP contribution in [0.4, 0.5) is 5.69 Å². The lowest BCUT2D eigenvalue weighted by Crippen LogP contribution is -2.32. The summed E-state index contributed by atoms with van der Waals surface area (Å²) in [7, 11) is 0. The first-order valence-corrected chi connectivity index (χ1v) is 11.7. The number of rotatable bonds is 8. The zero-order valence-electron chi connectivity index (χ0n) is 20.0. The van der Waals surface area contributed by atoms with E-state index in [1.165, 1.54) is 6.92 Å². The fourth-order valence-electron chi connectivity index (χ4n) is 4.28. The largest absolute Gasteiger partial charge is 0.346 e. The number of pyridine rings is 1. The van der Waals surface area contributed by atoms with Gasteiger partial charge < -0.3 is 10.6 Å². The van der Waals surface area contributed by atoms with Gasteiger partial charge in [-0.2, -0.15) is 5.10 Å². The number of benzene rings is 1. The Bertz CT molecular complexity index is 1140. The third kappa shape index (κ3) is 5.88. The summed E-state index contributed by atoms with van der Waals surface area (Å²) in [4.78, 5) is 30.8. The first-order valence-electron chi connectivity index (χ1n) is 11.7. The van der Waals surface area contributed by atoms with Gasteiger partial charge in [-0.15, -0.1) is 0 Å². The van der Waals surface area contributed by atoms with Gasteiger partial charge in [0.15, 0.2) is 5.69 Å². The van der Waals surface area contributed by atoms with Crippen molar-refractivity contribution in [1.82, 2.24) is 25.0 Å². The maximum absolute atomic E-state index is 13.1. The van der Waals surface area contributed by atoms with Gasteiger partial charge in [-0.25, -0.2) is 0 Å². The molecule has 178 valence electrons. The van der Waals surface area contributed by atoms with Gasteiger partial charge in [-0.05, 0) is 35.2 Å². The summed E-state index contributed by atoms with van der Waals surface area (Å²) < 4.78 is 2.03. The normalized spacial score (nSPS) is 13.5. The van der Waals surface area contributed by atoms with Crippen LogP contribution in [0.2, 0.25) is 0 Å². The maximum Gasteiger partial charge on any atom is 0.272 e. The molecule has 0 radical (unpaired) electrons. The number of nitrogens with zero attached hydrogens (tertiary/aromatic N) is 4. The second-order valence-electron chi connectivity index (χ2n) is 9.23. The monoisotopic (exact) mass is 460 g/mol. The van der Waals surface area contributed by atoms with E-state index < -0.39 is 0 Å². The van der Waals surface area contributed by atoms with Crippen molar-refractivity contribution >= 4 is 17.5 Å². The number of hydrogen-bond acceptors (Lipinski definition) is 5. The van der Waals surface area contributed by atoms with E-state index in [1.807, 2.05) is 41.1 Å². The van der Waals surface area contributed by atoms with Crippen LogP contribution in [-0.2, 0) is 37.4 Å². The summed E-state index contributed by atoms with van der Waals surface area (Å²) in [6, 6.07) is 11.7. The quantitative estimate of drug-likeness (QED) is 0.538. The van der Waals surface area contributed by atoms with Crippen molar-refractivity contribution in [3.05, 3.63) is 76.9 Å². The number of fused-ring (bicyclic) bond motifs is 1. The predicted octanol–water partition coefficient (Wildman–Crippen LogP) is 3.38. The number of hydrogen-bond donors (Lipinski definition) is 2. The Balaban J connectivity index is 1.49. The van der Waals surface area contributed by atoms with Crippen molar-refractivity contribution in [3.8, 4) is 0 Å². The minimum absolute atomic E-state index is 0.0796. The molecule has 2 amide bonds. The minimum atomic E-state index is -0.149. The zero-order chi connectivity index (χ0) is 24.1. The molecule has 4 rings (SSSR count). The van der Waals surface area contributed by atoms with Gasteiger partial charge in [-0.1, -0.05) is 32.0 Å². The molecule has 34 heavy (non-hydrogen) atoms. The van der Waals surface area contributed by atoms with Crippen molar-refractivity contribution in [2.75, 3.05) is 11.9 Å². The first-order chi connectivity index (χ1) is 16.4. The molecule has 8 nitrogen and oxygen atoms in total. The lowest BCUT2D eigenvalue weighted by Gasteiger charge is -2.28. The van der Waals surface area contributed by atoms with Crippen LogP contribution in [-0.4, -0.2) is 38.0 Å². The zero-order valence-corrected chi connectivity index (χ0v) is 20.0. The molecule has 3 heterocycles. The Kier molecular flexibility index (Phi) is 7.37. The van der Waals surface area contributed by atoms with Crippen molar-refractivity contribution in [3.63, 3.8) is 0 Å². The predicted molar refractivity (Wildman–Crippen MR) is 131 cm³/mol. The molecule has 8 heteroatoms. The topological polar surface area (TPSA) is 92.2 Å². The van der Waals surface area contributed by atoms with Crippen molar-refractivity contribution in [2.45, 2.75) is 53.4 Å². The van der Waals surface area contributed by atoms with Crippen molar-refractivity contribution in [1.29, 1.82) is 0 Å². The molecule has 0 unspecified atom stereocenters. The molecule has 2 N–H and O–H groups in total. The van der Waals surface area contributed by atoms with E-state index in [4.69, 9.17) is 5.10 Å². The maximum atomic E-state index is 13.1. The molecule has 3 aromatic rings. The van der Waals surface area contributed by atoms with E-state index in [1.54, 1.807) is 12.4 Å². The van der Waals surface area contributed by atoms with E-state index in [9.17, 15) is 9.59 Å². The molecule has 0 aliphatic carbocycles. The fourth-order valence-corrected chi connectivity index (χ4v) is 4.28. The summed E-state index contributed by atoms with van der Waals surface area (Å²) in [5.74, 6) is 0.212. The smallest absolute Gasteiger partial charge is 0.272 e. The standard InChI is InChI=1S/C26H32N6O2/c1-18(2)15-32-24-10-12-31(16-20-6-8-22(9-7-20)29-19(3)33)17-23(24)25(30-32)26(34)28-14-21-5-4-11-27-13-21/h4-9,11,13,18H,10,12,14-17H2,1-3H3,(H,28,34)(H,29,33). The molecule has 0 spiro atoms. The Morgan fingerprint density at radius 3 is 2.59 bits per heavy atom. The molecule has 1 aliphatic rings. The van der Waals surface area contributed by atoms with E-state index in [2.05, 4.69) is 34.4 Å². The highest BCUT2D eigenvalue weighted by Gasteiger charge is 2.28. The van der Waals surface area contributed by atoms with Crippen molar-refractivity contribution < 1.29 is 9.59 Å². The van der Waals surface area contributed by atoms with Crippen molar-refractivity contribution in [2.24, 2.45) is 5.92 Å². The molecule has 1 aliphatic heterocycles. The third-order valence-electron chi connectivity index (χ3n) is 5.82. The van der Waals surface area contributed by atoms with Crippen LogP contribution in [0.1, 0.15) is 53.6 Å². The number of anilines is 1. The Morgan fingerprint density at radius 1 is 1.12 bits per heavy atom. The van der Waals surface area contributed by atoms with Gasteiger partial charge in [0, 0.05) is 75.4 Å². The molecular formula is C26H32N6O2.